The second-order valence-corrected chi connectivity index (χ2v) is 9.24. The maximum absolute atomic E-state index is 12.6. The van der Waals surface area contributed by atoms with Crippen molar-refractivity contribution in [3.05, 3.63) is 29.3 Å². The minimum atomic E-state index is -3.75. The van der Waals surface area contributed by atoms with Gasteiger partial charge in [-0.1, -0.05) is 6.07 Å². The topological polar surface area (TPSA) is 121 Å². The second kappa shape index (κ2) is 7.40. The molecule has 1 aromatic carbocycles. The Kier molecular flexibility index (Phi) is 5.31. The molecule has 1 aromatic rings. The molecule has 0 aromatic heterocycles. The lowest BCUT2D eigenvalue weighted by atomic mass is 10.1. The van der Waals surface area contributed by atoms with Crippen LogP contribution in [0, 0.1) is 5.41 Å². The highest BCUT2D eigenvalue weighted by Gasteiger charge is 2.43. The van der Waals surface area contributed by atoms with Gasteiger partial charge in [-0.2, -0.15) is 9.39 Å². The first-order valence-corrected chi connectivity index (χ1v) is 10.5. The number of ether oxygens (including phenoxy) is 2. The first-order chi connectivity index (χ1) is 13.2. The first-order valence-electron chi connectivity index (χ1n) is 8.15. The van der Waals surface area contributed by atoms with Gasteiger partial charge in [0.2, 0.25) is 20.2 Å². The Bertz CT molecular complexity index is 1060. The van der Waals surface area contributed by atoms with Crippen LogP contribution < -0.4 is 9.47 Å². The number of carbonyl (C=O) groups excluding carboxylic acids is 1. The largest absolute Gasteiger partial charge is 0.493 e. The molecular weight excluding hydrogens is 404 g/mol. The third-order valence-electron chi connectivity index (χ3n) is 4.09. The fourth-order valence-electron chi connectivity index (χ4n) is 2.50. The zero-order chi connectivity index (χ0) is 20.6. The molecule has 0 spiro atoms. The molecule has 2 aliphatic heterocycles. The monoisotopic (exact) mass is 422 g/mol. The van der Waals surface area contributed by atoms with Gasteiger partial charge in [0.25, 0.3) is 5.91 Å². The SMILES string of the molecule is COc1ccc(/C=C2/C(=N)N3C(=NC2=O)SN=C3S(=O)(=O)C(C)C)cc1OC. The van der Waals surface area contributed by atoms with Crippen LogP contribution in [0.15, 0.2) is 33.2 Å². The van der Waals surface area contributed by atoms with Gasteiger partial charge in [-0.05, 0) is 37.6 Å². The number of hydrogen-bond donors (Lipinski definition) is 1. The molecule has 148 valence electrons. The normalized spacial score (nSPS) is 18.3. The van der Waals surface area contributed by atoms with E-state index in [0.29, 0.717) is 17.1 Å². The van der Waals surface area contributed by atoms with Crippen LogP contribution in [0.25, 0.3) is 6.08 Å². The molecule has 0 fully saturated rings. The molecule has 0 aliphatic carbocycles. The van der Waals surface area contributed by atoms with Crippen LogP contribution in [0.4, 0.5) is 0 Å². The van der Waals surface area contributed by atoms with Gasteiger partial charge < -0.3 is 9.47 Å². The molecule has 11 heteroatoms. The molecule has 3 rings (SSSR count). The van der Waals surface area contributed by atoms with Crippen molar-refractivity contribution < 1.29 is 22.7 Å². The van der Waals surface area contributed by atoms with Crippen LogP contribution in [0.5, 0.6) is 11.5 Å². The highest BCUT2D eigenvalue weighted by atomic mass is 32.2. The summed E-state index contributed by atoms with van der Waals surface area (Å²) < 4.78 is 39.5. The van der Waals surface area contributed by atoms with E-state index in [0.717, 1.165) is 16.8 Å². The molecular formula is C17H18N4O5S2. The second-order valence-electron chi connectivity index (χ2n) is 6.11. The molecule has 0 atom stereocenters. The predicted octanol–water partition coefficient (Wildman–Crippen LogP) is 2.10. The first kappa shape index (κ1) is 20.1. The molecule has 0 radical (unpaired) electrons. The molecule has 2 aliphatic rings. The molecule has 0 saturated heterocycles. The summed E-state index contributed by atoms with van der Waals surface area (Å²) in [6.07, 6.45) is 1.45. The maximum atomic E-state index is 12.6. The number of benzene rings is 1. The van der Waals surface area contributed by atoms with E-state index in [1.807, 2.05) is 0 Å². The molecule has 0 bridgehead atoms. The van der Waals surface area contributed by atoms with E-state index in [4.69, 9.17) is 14.9 Å². The standard InChI is InChI=1S/C17H18N4O5S2/c1-9(2)28(23,24)17-20-27-16-19-15(22)11(14(18)21(16)17)7-10-5-6-12(25-3)13(8-10)26-4/h5-9,18H,1-4H3/b11-7-,18-14?. The van der Waals surface area contributed by atoms with Crippen LogP contribution in [0.1, 0.15) is 19.4 Å². The summed E-state index contributed by atoms with van der Waals surface area (Å²) in [5, 5.41) is 7.46. The zero-order valence-corrected chi connectivity index (χ0v) is 17.2. The smallest absolute Gasteiger partial charge is 0.283 e. The van der Waals surface area contributed by atoms with E-state index in [1.54, 1.807) is 18.2 Å². The average Bonchev–Trinajstić information content (AvgIpc) is 3.09. The van der Waals surface area contributed by atoms with E-state index in [-0.39, 0.29) is 21.7 Å². The number of amides is 1. The number of hydrogen-bond acceptors (Lipinski definition) is 8. The Morgan fingerprint density at radius 3 is 2.50 bits per heavy atom. The van der Waals surface area contributed by atoms with Crippen LogP contribution in [0.2, 0.25) is 0 Å². The van der Waals surface area contributed by atoms with Crippen LogP contribution in [-0.4, -0.2) is 54.9 Å². The number of nitrogens with zero attached hydrogens (tertiary/aromatic N) is 3. The van der Waals surface area contributed by atoms with Gasteiger partial charge >= 0.3 is 0 Å². The van der Waals surface area contributed by atoms with Crippen molar-refractivity contribution in [2.75, 3.05) is 14.2 Å². The number of aliphatic imine (C=N–C) groups is 1. The highest BCUT2D eigenvalue weighted by Crippen LogP contribution is 2.32. The van der Waals surface area contributed by atoms with Gasteiger partial charge in [0, 0.05) is 0 Å². The molecule has 28 heavy (non-hydrogen) atoms. The van der Waals surface area contributed by atoms with E-state index >= 15 is 0 Å². The number of fused-ring (bicyclic) bond motifs is 1. The minimum absolute atomic E-state index is 0.0508. The zero-order valence-electron chi connectivity index (χ0n) is 15.6. The predicted molar refractivity (Wildman–Crippen MR) is 109 cm³/mol. The molecule has 1 amide bonds. The van der Waals surface area contributed by atoms with Gasteiger partial charge in [-0.25, -0.2) is 13.3 Å². The molecule has 9 nitrogen and oxygen atoms in total. The van der Waals surface area contributed by atoms with Gasteiger partial charge in [-0.3, -0.25) is 10.2 Å². The molecule has 1 N–H and O–H groups in total. The van der Waals surface area contributed by atoms with Crippen molar-refractivity contribution in [2.45, 2.75) is 19.1 Å². The summed E-state index contributed by atoms with van der Waals surface area (Å²) in [6.45, 7) is 3.05. The van der Waals surface area contributed by atoms with Crippen LogP contribution in [-0.2, 0) is 14.6 Å². The Morgan fingerprint density at radius 2 is 1.89 bits per heavy atom. The number of amidine groups is 3. The number of nitrogens with one attached hydrogen (secondary N) is 1. The fourth-order valence-corrected chi connectivity index (χ4v) is 4.57. The van der Waals surface area contributed by atoms with Crippen molar-refractivity contribution >= 4 is 49.9 Å². The summed E-state index contributed by atoms with van der Waals surface area (Å²) in [6, 6.07) is 5.00. The molecule has 0 unspecified atom stereocenters. The third-order valence-corrected chi connectivity index (χ3v) is 6.93. The van der Waals surface area contributed by atoms with E-state index in [2.05, 4.69) is 9.39 Å². The average molecular weight is 422 g/mol. The Balaban J connectivity index is 2.04. The lowest BCUT2D eigenvalue weighted by molar-refractivity contribution is -0.114. The highest BCUT2D eigenvalue weighted by molar-refractivity contribution is 8.16. The Labute approximate surface area is 166 Å². The number of carbonyl (C=O) groups is 1. The van der Waals surface area contributed by atoms with Crippen molar-refractivity contribution in [2.24, 2.45) is 9.39 Å². The maximum Gasteiger partial charge on any atom is 0.283 e. The quantitative estimate of drug-likeness (QED) is 0.582. The molecule has 0 saturated carbocycles. The van der Waals surface area contributed by atoms with Crippen molar-refractivity contribution in [1.29, 1.82) is 5.41 Å². The Morgan fingerprint density at radius 1 is 1.21 bits per heavy atom. The fraction of sp³-hybridized carbons (Fsp3) is 0.294. The molecule has 2 heterocycles. The van der Waals surface area contributed by atoms with Crippen LogP contribution in [0.3, 0.4) is 0 Å². The minimum Gasteiger partial charge on any atom is -0.493 e. The third kappa shape index (κ3) is 3.31. The number of sulfone groups is 1. The van der Waals surface area contributed by atoms with Gasteiger partial charge in [0.15, 0.2) is 11.5 Å². The summed E-state index contributed by atoms with van der Waals surface area (Å²) in [5.74, 6) is 0.0373. The van der Waals surface area contributed by atoms with Crippen molar-refractivity contribution in [3.63, 3.8) is 0 Å². The lowest BCUT2D eigenvalue weighted by Gasteiger charge is -2.25. The van der Waals surface area contributed by atoms with Gasteiger partial charge in [0.05, 0.1) is 37.0 Å². The van der Waals surface area contributed by atoms with Crippen molar-refractivity contribution in [3.8, 4) is 11.5 Å². The summed E-state index contributed by atoms with van der Waals surface area (Å²) in [5.41, 5.74) is 0.520. The summed E-state index contributed by atoms with van der Waals surface area (Å²) >= 11 is 0.765. The van der Waals surface area contributed by atoms with Crippen molar-refractivity contribution in [1.82, 2.24) is 4.90 Å². The van der Waals surface area contributed by atoms with E-state index < -0.39 is 21.0 Å². The Hall–Kier alpha value is -2.66. The summed E-state index contributed by atoms with van der Waals surface area (Å²) in [4.78, 5) is 17.4. The lowest BCUT2D eigenvalue weighted by Crippen LogP contribution is -2.46. The van der Waals surface area contributed by atoms with Crippen LogP contribution >= 0.6 is 11.9 Å². The summed E-state index contributed by atoms with van der Waals surface area (Å²) in [7, 11) is -0.761. The number of methoxy groups -OCH3 is 2. The van der Waals surface area contributed by atoms with E-state index in [1.165, 1.54) is 34.1 Å². The van der Waals surface area contributed by atoms with E-state index in [9.17, 15) is 13.2 Å². The van der Waals surface area contributed by atoms with Gasteiger partial charge in [0.1, 0.15) is 5.84 Å². The number of rotatable bonds is 4. The van der Waals surface area contributed by atoms with Gasteiger partial charge in [-0.15, -0.1) is 0 Å².